The van der Waals surface area contributed by atoms with Crippen LogP contribution in [0.3, 0.4) is 0 Å². The lowest BCUT2D eigenvalue weighted by molar-refractivity contribution is 0.0372. The van der Waals surface area contributed by atoms with Gasteiger partial charge in [-0.3, -0.25) is 4.40 Å². The molecule has 3 rings (SSSR count). The van der Waals surface area contributed by atoms with Crippen molar-refractivity contribution in [3.63, 3.8) is 0 Å². The molecular formula is C10H14N6O. The van der Waals surface area contributed by atoms with E-state index in [1.165, 1.54) is 0 Å². The number of hydrogen-bond donors (Lipinski definition) is 2. The smallest absolute Gasteiger partial charge is 0.203 e. The first-order chi connectivity index (χ1) is 8.43. The molecule has 1 fully saturated rings. The van der Waals surface area contributed by atoms with Crippen molar-refractivity contribution in [2.75, 3.05) is 31.6 Å². The minimum Gasteiger partial charge on any atom is -0.374 e. The zero-order valence-electron chi connectivity index (χ0n) is 9.33. The van der Waals surface area contributed by atoms with Crippen molar-refractivity contribution in [1.82, 2.24) is 24.9 Å². The molecule has 2 aromatic rings. The van der Waals surface area contributed by atoms with Crippen molar-refractivity contribution in [2.45, 2.75) is 6.10 Å². The molecule has 1 aliphatic heterocycles. The predicted molar refractivity (Wildman–Crippen MR) is 61.9 cm³/mol. The van der Waals surface area contributed by atoms with Gasteiger partial charge in [0.1, 0.15) is 6.33 Å². The fourth-order valence-corrected chi connectivity index (χ4v) is 1.84. The molecule has 2 N–H and O–H groups in total. The molecule has 1 atom stereocenters. The van der Waals surface area contributed by atoms with Crippen LogP contribution in [0.25, 0.3) is 5.65 Å². The fourth-order valence-electron chi connectivity index (χ4n) is 1.84. The maximum absolute atomic E-state index is 5.60. The van der Waals surface area contributed by atoms with E-state index in [0.717, 1.165) is 31.2 Å². The Labute approximate surface area is 98.2 Å². The highest BCUT2D eigenvalue weighted by atomic mass is 16.5. The van der Waals surface area contributed by atoms with Gasteiger partial charge in [0, 0.05) is 32.0 Å². The van der Waals surface area contributed by atoms with Gasteiger partial charge < -0.3 is 15.4 Å². The first-order valence-corrected chi connectivity index (χ1v) is 5.64. The highest BCUT2D eigenvalue weighted by molar-refractivity contribution is 5.61. The van der Waals surface area contributed by atoms with E-state index in [4.69, 9.17) is 4.74 Å². The number of hydrogen-bond acceptors (Lipinski definition) is 6. The molecule has 1 aliphatic rings. The Morgan fingerprint density at radius 3 is 3.47 bits per heavy atom. The summed E-state index contributed by atoms with van der Waals surface area (Å²) in [6.07, 6.45) is 5.37. The normalized spacial score (nSPS) is 20.6. The molecule has 3 heterocycles. The zero-order valence-corrected chi connectivity index (χ0v) is 9.33. The Bertz CT molecular complexity index is 492. The second kappa shape index (κ2) is 4.64. The van der Waals surface area contributed by atoms with E-state index in [1.807, 2.05) is 10.6 Å². The van der Waals surface area contributed by atoms with Gasteiger partial charge in [-0.2, -0.15) is 0 Å². The number of rotatable bonds is 3. The van der Waals surface area contributed by atoms with Crippen LogP contribution in [0.1, 0.15) is 0 Å². The van der Waals surface area contributed by atoms with Crippen molar-refractivity contribution in [1.29, 1.82) is 0 Å². The second-order valence-corrected chi connectivity index (χ2v) is 3.92. The summed E-state index contributed by atoms with van der Waals surface area (Å²) in [5.74, 6) is 0.735. The minimum atomic E-state index is 0.175. The molecule has 0 aromatic carbocycles. The molecule has 0 bridgehead atoms. The number of fused-ring (bicyclic) bond motifs is 1. The quantitative estimate of drug-likeness (QED) is 0.747. The van der Waals surface area contributed by atoms with Gasteiger partial charge in [0.15, 0.2) is 5.82 Å². The molecular weight excluding hydrogens is 220 g/mol. The Hall–Kier alpha value is -1.73. The predicted octanol–water partition coefficient (Wildman–Crippen LogP) is -0.475. The van der Waals surface area contributed by atoms with Crippen LogP contribution in [0, 0.1) is 0 Å². The summed E-state index contributed by atoms with van der Waals surface area (Å²) in [7, 11) is 0. The van der Waals surface area contributed by atoms with E-state index in [0.29, 0.717) is 6.54 Å². The largest absolute Gasteiger partial charge is 0.374 e. The number of ether oxygens (including phenoxy) is 1. The average Bonchev–Trinajstić information content (AvgIpc) is 2.86. The summed E-state index contributed by atoms with van der Waals surface area (Å²) in [6.45, 7) is 3.26. The van der Waals surface area contributed by atoms with Crippen molar-refractivity contribution >= 4 is 11.5 Å². The van der Waals surface area contributed by atoms with Crippen LogP contribution in [0.15, 0.2) is 18.7 Å². The summed E-state index contributed by atoms with van der Waals surface area (Å²) in [5.41, 5.74) is 0.733. The molecule has 0 aliphatic carbocycles. The molecule has 0 saturated carbocycles. The number of aromatic nitrogens is 4. The van der Waals surface area contributed by atoms with Crippen molar-refractivity contribution in [3.05, 3.63) is 18.7 Å². The van der Waals surface area contributed by atoms with Crippen LogP contribution in [0.2, 0.25) is 0 Å². The molecule has 7 nitrogen and oxygen atoms in total. The maximum atomic E-state index is 5.60. The van der Waals surface area contributed by atoms with E-state index in [-0.39, 0.29) is 6.10 Å². The highest BCUT2D eigenvalue weighted by Gasteiger charge is 2.14. The SMILES string of the molecule is c1cn2cnnc2c(NCC2CNCCO2)n1. The van der Waals surface area contributed by atoms with Crippen molar-refractivity contribution in [2.24, 2.45) is 0 Å². The Morgan fingerprint density at radius 1 is 1.59 bits per heavy atom. The van der Waals surface area contributed by atoms with E-state index in [9.17, 15) is 0 Å². The molecule has 0 radical (unpaired) electrons. The summed E-state index contributed by atoms with van der Waals surface area (Å²) in [4.78, 5) is 4.25. The van der Waals surface area contributed by atoms with Gasteiger partial charge in [0.25, 0.3) is 0 Å². The van der Waals surface area contributed by atoms with Gasteiger partial charge in [-0.15, -0.1) is 10.2 Å². The molecule has 17 heavy (non-hydrogen) atoms. The van der Waals surface area contributed by atoms with Gasteiger partial charge >= 0.3 is 0 Å². The molecule has 0 spiro atoms. The van der Waals surface area contributed by atoms with E-state index < -0.39 is 0 Å². The Kier molecular flexibility index (Phi) is 2.85. The van der Waals surface area contributed by atoms with Crippen molar-refractivity contribution < 1.29 is 4.74 Å². The summed E-state index contributed by atoms with van der Waals surface area (Å²) < 4.78 is 7.43. The number of morpholine rings is 1. The summed E-state index contributed by atoms with van der Waals surface area (Å²) >= 11 is 0. The van der Waals surface area contributed by atoms with Gasteiger partial charge in [0.05, 0.1) is 12.7 Å². The number of nitrogens with one attached hydrogen (secondary N) is 2. The minimum absolute atomic E-state index is 0.175. The van der Waals surface area contributed by atoms with Gasteiger partial charge in [-0.1, -0.05) is 0 Å². The van der Waals surface area contributed by atoms with Gasteiger partial charge in [-0.25, -0.2) is 4.98 Å². The third-order valence-electron chi connectivity index (χ3n) is 2.72. The molecule has 7 heteroatoms. The third kappa shape index (κ3) is 2.20. The van der Waals surface area contributed by atoms with Gasteiger partial charge in [0.2, 0.25) is 5.65 Å². The van der Waals surface area contributed by atoms with E-state index in [2.05, 4.69) is 25.8 Å². The molecule has 2 aromatic heterocycles. The Balaban J connectivity index is 1.69. The molecule has 1 unspecified atom stereocenters. The summed E-state index contributed by atoms with van der Waals surface area (Å²) in [5, 5.41) is 14.4. The van der Waals surface area contributed by atoms with Crippen LogP contribution >= 0.6 is 0 Å². The van der Waals surface area contributed by atoms with Crippen LogP contribution < -0.4 is 10.6 Å². The summed E-state index contributed by atoms with van der Waals surface area (Å²) in [6, 6.07) is 0. The molecule has 1 saturated heterocycles. The standard InChI is InChI=1S/C10H14N6O/c1-3-16-7-14-15-10(16)9(12-1)13-6-8-5-11-2-4-17-8/h1,3,7-8,11H,2,4-6H2,(H,12,13). The lowest BCUT2D eigenvalue weighted by atomic mass is 10.3. The Morgan fingerprint density at radius 2 is 2.59 bits per heavy atom. The van der Waals surface area contributed by atoms with Crippen molar-refractivity contribution in [3.8, 4) is 0 Å². The first kappa shape index (κ1) is 10.4. The van der Waals surface area contributed by atoms with Crippen LogP contribution in [0.4, 0.5) is 5.82 Å². The lowest BCUT2D eigenvalue weighted by Gasteiger charge is -2.23. The number of nitrogens with zero attached hydrogens (tertiary/aromatic N) is 4. The van der Waals surface area contributed by atoms with Gasteiger partial charge in [-0.05, 0) is 0 Å². The molecule has 0 amide bonds. The van der Waals surface area contributed by atoms with Crippen LogP contribution in [-0.2, 0) is 4.74 Å². The molecule has 90 valence electrons. The zero-order chi connectivity index (χ0) is 11.5. The number of anilines is 1. The van der Waals surface area contributed by atoms with E-state index in [1.54, 1.807) is 12.5 Å². The second-order valence-electron chi connectivity index (χ2n) is 3.92. The van der Waals surface area contributed by atoms with Crippen LogP contribution in [-0.4, -0.2) is 51.9 Å². The first-order valence-electron chi connectivity index (χ1n) is 5.64. The van der Waals surface area contributed by atoms with E-state index >= 15 is 0 Å². The highest BCUT2D eigenvalue weighted by Crippen LogP contribution is 2.10. The maximum Gasteiger partial charge on any atom is 0.203 e. The third-order valence-corrected chi connectivity index (χ3v) is 2.72. The topological polar surface area (TPSA) is 76.4 Å². The monoisotopic (exact) mass is 234 g/mol. The lowest BCUT2D eigenvalue weighted by Crippen LogP contribution is -2.42. The van der Waals surface area contributed by atoms with Crippen LogP contribution in [0.5, 0.6) is 0 Å². The average molecular weight is 234 g/mol. The fraction of sp³-hybridized carbons (Fsp3) is 0.500.